The van der Waals surface area contributed by atoms with Gasteiger partial charge in [0.1, 0.15) is 5.25 Å². The van der Waals surface area contributed by atoms with Crippen molar-refractivity contribution in [3.63, 3.8) is 0 Å². The van der Waals surface area contributed by atoms with Crippen LogP contribution < -0.4 is 5.73 Å². The van der Waals surface area contributed by atoms with Crippen LogP contribution in [0, 0.1) is 0 Å². The second-order valence-corrected chi connectivity index (χ2v) is 6.59. The maximum Gasteiger partial charge on any atom is 0.160 e. The Hall–Kier alpha value is -0.290. The molecule has 1 aliphatic heterocycles. The molecule has 6 heteroatoms. The van der Waals surface area contributed by atoms with Crippen LogP contribution in [-0.2, 0) is 9.84 Å². The van der Waals surface area contributed by atoms with E-state index in [9.17, 15) is 8.42 Å². The average molecular weight is 266 g/mol. The van der Waals surface area contributed by atoms with Gasteiger partial charge >= 0.3 is 0 Å². The SMILES string of the molecule is NC1CS(=O)(=O)C1c1ccc(Cl)cc1Cl. The molecular weight excluding hydrogens is 257 g/mol. The summed E-state index contributed by atoms with van der Waals surface area (Å²) >= 11 is 11.7. The highest BCUT2D eigenvalue weighted by atomic mass is 35.5. The molecule has 82 valence electrons. The number of sulfone groups is 1. The summed E-state index contributed by atoms with van der Waals surface area (Å²) in [7, 11) is -3.11. The van der Waals surface area contributed by atoms with Gasteiger partial charge in [0, 0.05) is 16.1 Å². The fourth-order valence-electron chi connectivity index (χ4n) is 1.76. The first-order valence-corrected chi connectivity index (χ1v) is 6.81. The predicted molar refractivity (Wildman–Crippen MR) is 61.0 cm³/mol. The van der Waals surface area contributed by atoms with E-state index in [2.05, 4.69) is 0 Å². The van der Waals surface area contributed by atoms with E-state index in [0.717, 1.165) is 0 Å². The van der Waals surface area contributed by atoms with Crippen LogP contribution in [0.1, 0.15) is 10.8 Å². The minimum atomic E-state index is -3.11. The first-order chi connectivity index (χ1) is 6.92. The molecule has 1 aromatic rings. The third-order valence-corrected chi connectivity index (χ3v) is 5.26. The third kappa shape index (κ3) is 1.87. The molecule has 0 aromatic heterocycles. The Balaban J connectivity index is 2.46. The molecule has 0 spiro atoms. The van der Waals surface area contributed by atoms with Crippen molar-refractivity contribution < 1.29 is 8.42 Å². The van der Waals surface area contributed by atoms with Crippen LogP contribution in [0.25, 0.3) is 0 Å². The second kappa shape index (κ2) is 3.63. The van der Waals surface area contributed by atoms with Crippen LogP contribution in [0.2, 0.25) is 10.0 Å². The number of halogens is 2. The largest absolute Gasteiger partial charge is 0.325 e. The van der Waals surface area contributed by atoms with Gasteiger partial charge in [-0.25, -0.2) is 8.42 Å². The van der Waals surface area contributed by atoms with Gasteiger partial charge in [0.25, 0.3) is 0 Å². The summed E-state index contributed by atoms with van der Waals surface area (Å²) in [6.07, 6.45) is 0. The van der Waals surface area contributed by atoms with Gasteiger partial charge in [-0.1, -0.05) is 29.3 Å². The van der Waals surface area contributed by atoms with E-state index in [1.54, 1.807) is 12.1 Å². The molecule has 2 unspecified atom stereocenters. The molecule has 2 rings (SSSR count). The van der Waals surface area contributed by atoms with Crippen LogP contribution in [-0.4, -0.2) is 20.2 Å². The van der Waals surface area contributed by atoms with Gasteiger partial charge in [0.05, 0.1) is 5.75 Å². The highest BCUT2D eigenvalue weighted by Gasteiger charge is 2.45. The molecule has 1 heterocycles. The lowest BCUT2D eigenvalue weighted by Crippen LogP contribution is -2.50. The van der Waals surface area contributed by atoms with E-state index < -0.39 is 15.1 Å². The summed E-state index contributed by atoms with van der Waals surface area (Å²) < 4.78 is 23.0. The van der Waals surface area contributed by atoms with Crippen molar-refractivity contribution in [1.29, 1.82) is 0 Å². The zero-order valence-electron chi connectivity index (χ0n) is 7.65. The van der Waals surface area contributed by atoms with Crippen molar-refractivity contribution in [3.05, 3.63) is 33.8 Å². The van der Waals surface area contributed by atoms with E-state index in [4.69, 9.17) is 28.9 Å². The van der Waals surface area contributed by atoms with Crippen molar-refractivity contribution in [2.75, 3.05) is 5.75 Å². The normalized spacial score (nSPS) is 28.5. The van der Waals surface area contributed by atoms with E-state index in [1.165, 1.54) is 6.07 Å². The summed E-state index contributed by atoms with van der Waals surface area (Å²) in [5.74, 6) is 0.0244. The second-order valence-electron chi connectivity index (χ2n) is 3.58. The van der Waals surface area contributed by atoms with Crippen LogP contribution in [0.4, 0.5) is 0 Å². The molecule has 3 nitrogen and oxygen atoms in total. The first-order valence-electron chi connectivity index (χ1n) is 4.34. The molecule has 2 atom stereocenters. The van der Waals surface area contributed by atoms with Gasteiger partial charge in [-0.15, -0.1) is 0 Å². The fourth-order valence-corrected chi connectivity index (χ4v) is 4.15. The molecule has 0 aliphatic carbocycles. The highest BCUT2D eigenvalue weighted by Crippen LogP contribution is 2.39. The molecule has 1 fully saturated rings. The van der Waals surface area contributed by atoms with Crippen molar-refractivity contribution in [3.8, 4) is 0 Å². The van der Waals surface area contributed by atoms with E-state index >= 15 is 0 Å². The zero-order valence-corrected chi connectivity index (χ0v) is 9.98. The topological polar surface area (TPSA) is 60.2 Å². The van der Waals surface area contributed by atoms with E-state index in [-0.39, 0.29) is 11.8 Å². The molecule has 2 N–H and O–H groups in total. The molecule has 0 saturated carbocycles. The lowest BCUT2D eigenvalue weighted by atomic mass is 10.1. The Bertz CT molecular complexity index is 501. The van der Waals surface area contributed by atoms with Crippen LogP contribution in [0.3, 0.4) is 0 Å². The Kier molecular flexibility index (Phi) is 2.71. The fraction of sp³-hybridized carbons (Fsp3) is 0.333. The summed E-state index contributed by atoms with van der Waals surface area (Å²) in [5, 5.41) is 0.155. The Morgan fingerprint density at radius 1 is 1.33 bits per heavy atom. The monoisotopic (exact) mass is 265 g/mol. The maximum atomic E-state index is 11.5. The number of rotatable bonds is 1. The summed E-state index contributed by atoms with van der Waals surface area (Å²) in [4.78, 5) is 0. The highest BCUT2D eigenvalue weighted by molar-refractivity contribution is 7.93. The van der Waals surface area contributed by atoms with Crippen LogP contribution in [0.5, 0.6) is 0 Å². The lowest BCUT2D eigenvalue weighted by Gasteiger charge is -2.34. The van der Waals surface area contributed by atoms with Crippen molar-refractivity contribution in [1.82, 2.24) is 0 Å². The predicted octanol–water partition coefficient (Wildman–Crippen LogP) is 1.79. The zero-order chi connectivity index (χ0) is 11.2. The number of hydrogen-bond donors (Lipinski definition) is 1. The van der Waals surface area contributed by atoms with Crippen molar-refractivity contribution in [2.45, 2.75) is 11.3 Å². The summed E-state index contributed by atoms with van der Waals surface area (Å²) in [6, 6.07) is 4.39. The molecule has 0 bridgehead atoms. The Morgan fingerprint density at radius 2 is 2.00 bits per heavy atom. The van der Waals surface area contributed by atoms with Gasteiger partial charge < -0.3 is 5.73 Å². The minimum absolute atomic E-state index is 0.0244. The first kappa shape index (κ1) is 11.2. The van der Waals surface area contributed by atoms with Gasteiger partial charge in [-0.3, -0.25) is 0 Å². The maximum absolute atomic E-state index is 11.5. The Morgan fingerprint density at radius 3 is 2.47 bits per heavy atom. The van der Waals surface area contributed by atoms with Crippen molar-refractivity contribution >= 4 is 33.0 Å². The molecule has 1 aromatic carbocycles. The number of hydrogen-bond acceptors (Lipinski definition) is 3. The van der Waals surface area contributed by atoms with Gasteiger partial charge in [-0.2, -0.15) is 0 Å². The van der Waals surface area contributed by atoms with E-state index in [1.807, 2.05) is 0 Å². The molecule has 15 heavy (non-hydrogen) atoms. The molecule has 1 aliphatic rings. The smallest absolute Gasteiger partial charge is 0.160 e. The standard InChI is InChI=1S/C9H9Cl2NO2S/c10-5-1-2-6(7(11)3-5)9-8(12)4-15(9,13)14/h1-3,8-9H,4,12H2. The van der Waals surface area contributed by atoms with Crippen LogP contribution >= 0.6 is 23.2 Å². The quantitative estimate of drug-likeness (QED) is 0.843. The lowest BCUT2D eigenvalue weighted by molar-refractivity contribution is 0.523. The molecule has 0 radical (unpaired) electrons. The third-order valence-electron chi connectivity index (χ3n) is 2.47. The number of benzene rings is 1. The van der Waals surface area contributed by atoms with Gasteiger partial charge in [-0.05, 0) is 17.7 Å². The number of nitrogens with two attached hydrogens (primary N) is 1. The molecular formula is C9H9Cl2NO2S. The minimum Gasteiger partial charge on any atom is -0.325 e. The van der Waals surface area contributed by atoms with Crippen LogP contribution in [0.15, 0.2) is 18.2 Å². The summed E-state index contributed by atoms with van der Waals surface area (Å²) in [5.41, 5.74) is 6.21. The molecule has 0 amide bonds. The molecule has 1 saturated heterocycles. The van der Waals surface area contributed by atoms with Crippen molar-refractivity contribution in [2.24, 2.45) is 5.73 Å². The van der Waals surface area contributed by atoms with Gasteiger partial charge in [0.2, 0.25) is 0 Å². The van der Waals surface area contributed by atoms with Gasteiger partial charge in [0.15, 0.2) is 9.84 Å². The summed E-state index contributed by atoms with van der Waals surface area (Å²) in [6.45, 7) is 0. The Labute approximate surface area is 98.1 Å². The van der Waals surface area contributed by atoms with E-state index in [0.29, 0.717) is 15.6 Å². The average Bonchev–Trinajstić information content (AvgIpc) is 2.08.